The molecule has 0 atom stereocenters. The Kier molecular flexibility index (Phi) is 3.63. The molecule has 4 nitrogen and oxygen atoms in total. The van der Waals surface area contributed by atoms with Crippen LogP contribution in [0.1, 0.15) is 37.2 Å². The largest absolute Gasteiger partial charge is 0.462 e. The summed E-state index contributed by atoms with van der Waals surface area (Å²) in [5, 5.41) is 21.3. The second kappa shape index (κ2) is 4.99. The topological polar surface area (TPSA) is 65.6 Å². The lowest BCUT2D eigenvalue weighted by Crippen LogP contribution is -2.51. The molecule has 1 aliphatic rings. The summed E-state index contributed by atoms with van der Waals surface area (Å²) in [6, 6.07) is 3.67. The molecule has 0 aliphatic heterocycles. The van der Waals surface area contributed by atoms with Crippen molar-refractivity contribution in [1.82, 2.24) is 5.32 Å². The predicted molar refractivity (Wildman–Crippen MR) is 59.8 cm³/mol. The highest BCUT2D eigenvalue weighted by atomic mass is 16.4. The van der Waals surface area contributed by atoms with Crippen LogP contribution in [0, 0.1) is 0 Å². The van der Waals surface area contributed by atoms with E-state index in [0.29, 0.717) is 12.3 Å². The number of hydrogen-bond acceptors (Lipinski definition) is 4. The number of nitrogens with one attached hydrogen (secondary N) is 1. The summed E-state index contributed by atoms with van der Waals surface area (Å²) >= 11 is 0. The third kappa shape index (κ3) is 2.45. The standard InChI is InChI=1S/C12H19NO3/c14-7-6-12(4-1-5-12)13-8-10-2-3-11(9-15)16-10/h2-3,13-15H,1,4-9H2. The van der Waals surface area contributed by atoms with E-state index in [9.17, 15) is 0 Å². The first-order chi connectivity index (χ1) is 7.78. The normalized spacial score (nSPS) is 18.4. The van der Waals surface area contributed by atoms with Gasteiger partial charge in [-0.1, -0.05) is 0 Å². The number of hydrogen-bond donors (Lipinski definition) is 3. The van der Waals surface area contributed by atoms with Gasteiger partial charge in [-0.2, -0.15) is 0 Å². The SMILES string of the molecule is OCCC1(NCc2ccc(CO)o2)CCC1. The van der Waals surface area contributed by atoms with Gasteiger partial charge in [0.15, 0.2) is 0 Å². The fourth-order valence-corrected chi connectivity index (χ4v) is 2.21. The average molecular weight is 225 g/mol. The molecule has 3 N–H and O–H groups in total. The smallest absolute Gasteiger partial charge is 0.129 e. The Bertz CT molecular complexity index is 331. The highest BCUT2D eigenvalue weighted by Crippen LogP contribution is 2.34. The number of aliphatic hydroxyl groups excluding tert-OH is 2. The van der Waals surface area contributed by atoms with E-state index in [-0.39, 0.29) is 18.8 Å². The van der Waals surface area contributed by atoms with E-state index in [4.69, 9.17) is 14.6 Å². The minimum atomic E-state index is -0.0538. The lowest BCUT2D eigenvalue weighted by atomic mass is 9.74. The van der Waals surface area contributed by atoms with E-state index < -0.39 is 0 Å². The minimum absolute atomic E-state index is 0.0538. The molecule has 0 amide bonds. The first-order valence-electron chi connectivity index (χ1n) is 5.82. The molecule has 0 aromatic carbocycles. The van der Waals surface area contributed by atoms with Crippen LogP contribution in [0.5, 0.6) is 0 Å². The number of furan rings is 1. The van der Waals surface area contributed by atoms with E-state index in [2.05, 4.69) is 5.32 Å². The van der Waals surface area contributed by atoms with E-state index in [1.54, 1.807) is 6.07 Å². The van der Waals surface area contributed by atoms with Crippen LogP contribution < -0.4 is 5.32 Å². The van der Waals surface area contributed by atoms with Gasteiger partial charge in [0.05, 0.1) is 6.54 Å². The molecule has 1 aliphatic carbocycles. The molecule has 0 bridgehead atoms. The maximum Gasteiger partial charge on any atom is 0.129 e. The Labute approximate surface area is 95.3 Å². The van der Waals surface area contributed by atoms with Gasteiger partial charge in [-0.05, 0) is 37.8 Å². The highest BCUT2D eigenvalue weighted by molar-refractivity contribution is 5.07. The second-order valence-corrected chi connectivity index (χ2v) is 4.49. The zero-order valence-corrected chi connectivity index (χ0v) is 9.41. The summed E-state index contributed by atoms with van der Waals surface area (Å²) in [6.45, 7) is 0.842. The van der Waals surface area contributed by atoms with E-state index in [1.165, 1.54) is 6.42 Å². The van der Waals surface area contributed by atoms with Crippen molar-refractivity contribution in [2.24, 2.45) is 0 Å². The van der Waals surface area contributed by atoms with Gasteiger partial charge in [-0.15, -0.1) is 0 Å². The molecule has 0 spiro atoms. The summed E-state index contributed by atoms with van der Waals surface area (Å²) < 4.78 is 5.40. The van der Waals surface area contributed by atoms with Crippen molar-refractivity contribution >= 4 is 0 Å². The lowest BCUT2D eigenvalue weighted by molar-refractivity contribution is 0.126. The van der Waals surface area contributed by atoms with Gasteiger partial charge in [-0.3, -0.25) is 0 Å². The van der Waals surface area contributed by atoms with Crippen molar-refractivity contribution < 1.29 is 14.6 Å². The zero-order valence-electron chi connectivity index (χ0n) is 9.41. The Morgan fingerprint density at radius 3 is 2.50 bits per heavy atom. The van der Waals surface area contributed by atoms with Gasteiger partial charge >= 0.3 is 0 Å². The maximum atomic E-state index is 9.01. The van der Waals surface area contributed by atoms with Gasteiger partial charge < -0.3 is 19.9 Å². The molecule has 0 radical (unpaired) electrons. The second-order valence-electron chi connectivity index (χ2n) is 4.49. The average Bonchev–Trinajstić information content (AvgIpc) is 2.70. The first-order valence-corrected chi connectivity index (χ1v) is 5.82. The summed E-state index contributed by atoms with van der Waals surface area (Å²) in [7, 11) is 0. The van der Waals surface area contributed by atoms with Gasteiger partial charge in [0, 0.05) is 12.1 Å². The Balaban J connectivity index is 1.85. The van der Waals surface area contributed by atoms with Crippen molar-refractivity contribution in [2.75, 3.05) is 6.61 Å². The fourth-order valence-electron chi connectivity index (χ4n) is 2.21. The van der Waals surface area contributed by atoms with Crippen LogP contribution >= 0.6 is 0 Å². The number of rotatable bonds is 6. The Morgan fingerprint density at radius 2 is 2.00 bits per heavy atom. The number of aliphatic hydroxyl groups is 2. The fraction of sp³-hybridized carbons (Fsp3) is 0.667. The maximum absolute atomic E-state index is 9.01. The molecule has 1 fully saturated rings. The molecule has 16 heavy (non-hydrogen) atoms. The molecular formula is C12H19NO3. The molecule has 1 aromatic rings. The van der Waals surface area contributed by atoms with Crippen LogP contribution in [0.15, 0.2) is 16.5 Å². The van der Waals surface area contributed by atoms with E-state index in [1.807, 2.05) is 6.07 Å². The quantitative estimate of drug-likeness (QED) is 0.680. The van der Waals surface area contributed by atoms with E-state index >= 15 is 0 Å². The molecule has 90 valence electrons. The Morgan fingerprint density at radius 1 is 1.25 bits per heavy atom. The Hall–Kier alpha value is -0.840. The molecular weight excluding hydrogens is 206 g/mol. The van der Waals surface area contributed by atoms with Gasteiger partial charge in [0.1, 0.15) is 18.1 Å². The zero-order chi connectivity index (χ0) is 11.4. The van der Waals surface area contributed by atoms with Crippen molar-refractivity contribution in [2.45, 2.75) is 44.4 Å². The van der Waals surface area contributed by atoms with Gasteiger partial charge in [-0.25, -0.2) is 0 Å². The van der Waals surface area contributed by atoms with Gasteiger partial charge in [0.2, 0.25) is 0 Å². The molecule has 1 saturated carbocycles. The molecule has 2 rings (SSSR count). The molecule has 0 unspecified atom stereocenters. The van der Waals surface area contributed by atoms with Crippen LogP contribution in [-0.2, 0) is 13.2 Å². The van der Waals surface area contributed by atoms with Crippen molar-refractivity contribution in [3.05, 3.63) is 23.7 Å². The molecule has 1 aromatic heterocycles. The van der Waals surface area contributed by atoms with Crippen molar-refractivity contribution in [3.8, 4) is 0 Å². The van der Waals surface area contributed by atoms with Crippen LogP contribution in [0.2, 0.25) is 0 Å². The minimum Gasteiger partial charge on any atom is -0.462 e. The van der Waals surface area contributed by atoms with Crippen LogP contribution in [0.25, 0.3) is 0 Å². The highest BCUT2D eigenvalue weighted by Gasteiger charge is 2.35. The monoisotopic (exact) mass is 225 g/mol. The van der Waals surface area contributed by atoms with Crippen molar-refractivity contribution in [3.63, 3.8) is 0 Å². The van der Waals surface area contributed by atoms with Gasteiger partial charge in [0.25, 0.3) is 0 Å². The summed E-state index contributed by atoms with van der Waals surface area (Å²) in [6.07, 6.45) is 4.29. The van der Waals surface area contributed by atoms with Crippen LogP contribution in [0.3, 0.4) is 0 Å². The first kappa shape index (κ1) is 11.6. The van der Waals surface area contributed by atoms with Crippen molar-refractivity contribution in [1.29, 1.82) is 0 Å². The van der Waals surface area contributed by atoms with Crippen LogP contribution in [-0.4, -0.2) is 22.4 Å². The molecule has 1 heterocycles. The molecule has 0 saturated heterocycles. The van der Waals surface area contributed by atoms with Crippen LogP contribution in [0.4, 0.5) is 0 Å². The summed E-state index contributed by atoms with van der Waals surface area (Å²) in [5.74, 6) is 1.44. The predicted octanol–water partition coefficient (Wildman–Crippen LogP) is 1.17. The lowest BCUT2D eigenvalue weighted by Gasteiger charge is -2.42. The van der Waals surface area contributed by atoms with E-state index in [0.717, 1.165) is 25.0 Å². The summed E-state index contributed by atoms with van der Waals surface area (Å²) in [5.41, 5.74) is 0.112. The molecule has 4 heteroatoms. The third-order valence-electron chi connectivity index (χ3n) is 3.41. The summed E-state index contributed by atoms with van der Waals surface area (Å²) in [4.78, 5) is 0. The third-order valence-corrected chi connectivity index (χ3v) is 3.41.